The highest BCUT2D eigenvalue weighted by Crippen LogP contribution is 2.34. The van der Waals surface area contributed by atoms with E-state index in [9.17, 15) is 22.8 Å². The average molecular weight is 469 g/mol. The predicted octanol–water partition coefficient (Wildman–Crippen LogP) is 6.32. The van der Waals surface area contributed by atoms with E-state index in [0.717, 1.165) is 18.2 Å². The van der Waals surface area contributed by atoms with Gasteiger partial charge in [-0.2, -0.15) is 13.2 Å². The third-order valence-corrected chi connectivity index (χ3v) is 5.49. The fraction of sp³-hybridized carbons (Fsp3) is 0.143. The second-order valence-corrected chi connectivity index (χ2v) is 8.22. The lowest BCUT2D eigenvalue weighted by Gasteiger charge is -2.15. The Morgan fingerprint density at radius 2 is 1.84 bits per heavy atom. The normalized spacial score (nSPS) is 12.3. The molecule has 0 saturated carbocycles. The number of alkyl halides is 3. The van der Waals surface area contributed by atoms with Gasteiger partial charge in [-0.25, -0.2) is 0 Å². The Kier molecular flexibility index (Phi) is 6.97. The molecule has 3 rings (SSSR count). The lowest BCUT2D eigenvalue weighted by Crippen LogP contribution is -2.23. The third-order valence-electron chi connectivity index (χ3n) is 4.07. The summed E-state index contributed by atoms with van der Waals surface area (Å²) in [6.07, 6.45) is -3.16. The van der Waals surface area contributed by atoms with Crippen LogP contribution < -0.4 is 10.6 Å². The molecule has 1 heterocycles. The van der Waals surface area contributed by atoms with Crippen molar-refractivity contribution >= 4 is 46.6 Å². The number of thioether (sulfide) groups is 1. The standard InChI is InChI=1S/C21H16ClF3N2O3S/c1-12(19(28)27-17-10-13(21(23,24)25)7-8-16(17)22)31-15-5-2-4-14(11-15)26-20(29)18-6-3-9-30-18/h2-12H,1H3,(H,26,29)(H,27,28). The fourth-order valence-corrected chi connectivity index (χ4v) is 3.63. The Bertz CT molecular complexity index is 1090. The van der Waals surface area contributed by atoms with Gasteiger partial charge in [0.15, 0.2) is 5.76 Å². The highest BCUT2D eigenvalue weighted by Gasteiger charge is 2.31. The average Bonchev–Trinajstić information content (AvgIpc) is 3.24. The number of nitrogens with one attached hydrogen (secondary N) is 2. The largest absolute Gasteiger partial charge is 0.459 e. The summed E-state index contributed by atoms with van der Waals surface area (Å²) in [7, 11) is 0. The number of anilines is 2. The second-order valence-electron chi connectivity index (χ2n) is 6.40. The summed E-state index contributed by atoms with van der Waals surface area (Å²) in [6, 6.07) is 12.6. The molecule has 2 aromatic carbocycles. The van der Waals surface area contributed by atoms with Gasteiger partial charge in [0.2, 0.25) is 5.91 Å². The minimum Gasteiger partial charge on any atom is -0.459 e. The molecule has 162 valence electrons. The molecule has 0 aliphatic rings. The van der Waals surface area contributed by atoms with Crippen molar-refractivity contribution < 1.29 is 27.2 Å². The molecule has 31 heavy (non-hydrogen) atoms. The smallest absolute Gasteiger partial charge is 0.416 e. The molecule has 1 atom stereocenters. The van der Waals surface area contributed by atoms with Gasteiger partial charge < -0.3 is 15.1 Å². The van der Waals surface area contributed by atoms with Gasteiger partial charge in [-0.15, -0.1) is 11.8 Å². The van der Waals surface area contributed by atoms with E-state index >= 15 is 0 Å². The zero-order valence-corrected chi connectivity index (χ0v) is 17.6. The summed E-state index contributed by atoms with van der Waals surface area (Å²) in [5.74, 6) is -0.780. The number of amides is 2. The van der Waals surface area contributed by atoms with Crippen LogP contribution in [0.25, 0.3) is 0 Å². The Hall–Kier alpha value is -2.91. The van der Waals surface area contributed by atoms with Gasteiger partial charge in [0.05, 0.1) is 27.8 Å². The molecule has 0 aliphatic carbocycles. The predicted molar refractivity (Wildman–Crippen MR) is 114 cm³/mol. The fourth-order valence-electron chi connectivity index (χ4n) is 2.54. The van der Waals surface area contributed by atoms with Crippen molar-refractivity contribution in [2.24, 2.45) is 0 Å². The van der Waals surface area contributed by atoms with Crippen molar-refractivity contribution in [1.29, 1.82) is 0 Å². The maximum atomic E-state index is 12.9. The molecule has 2 amide bonds. The number of benzene rings is 2. The molecule has 0 aliphatic heterocycles. The van der Waals surface area contributed by atoms with Crippen LogP contribution in [0.3, 0.4) is 0 Å². The molecule has 0 bridgehead atoms. The van der Waals surface area contributed by atoms with E-state index in [1.165, 1.54) is 24.1 Å². The topological polar surface area (TPSA) is 71.3 Å². The first-order chi connectivity index (χ1) is 14.6. The zero-order valence-electron chi connectivity index (χ0n) is 16.0. The van der Waals surface area contributed by atoms with E-state index < -0.39 is 28.8 Å². The number of hydrogen-bond donors (Lipinski definition) is 2. The van der Waals surface area contributed by atoms with Crippen molar-refractivity contribution in [3.63, 3.8) is 0 Å². The first-order valence-electron chi connectivity index (χ1n) is 8.92. The molecule has 5 nitrogen and oxygen atoms in total. The Balaban J connectivity index is 1.66. The van der Waals surface area contributed by atoms with E-state index in [1.54, 1.807) is 37.3 Å². The van der Waals surface area contributed by atoms with Crippen LogP contribution in [0.15, 0.2) is 70.2 Å². The minimum atomic E-state index is -4.55. The van der Waals surface area contributed by atoms with Crippen LogP contribution in [0.4, 0.5) is 24.5 Å². The number of furan rings is 1. The summed E-state index contributed by atoms with van der Waals surface area (Å²) in [6.45, 7) is 1.61. The van der Waals surface area contributed by atoms with Crippen molar-refractivity contribution in [2.75, 3.05) is 10.6 Å². The summed E-state index contributed by atoms with van der Waals surface area (Å²) in [5.41, 5.74) is -0.527. The number of carbonyl (C=O) groups excluding carboxylic acids is 2. The number of hydrogen-bond acceptors (Lipinski definition) is 4. The lowest BCUT2D eigenvalue weighted by atomic mass is 10.2. The molecule has 3 aromatic rings. The van der Waals surface area contributed by atoms with Crippen LogP contribution in [-0.4, -0.2) is 17.1 Å². The van der Waals surface area contributed by atoms with Gasteiger partial charge in [-0.05, 0) is 55.5 Å². The SMILES string of the molecule is CC(Sc1cccc(NC(=O)c2ccco2)c1)C(=O)Nc1cc(C(F)(F)F)ccc1Cl. The van der Waals surface area contributed by atoms with Crippen molar-refractivity contribution in [1.82, 2.24) is 0 Å². The van der Waals surface area contributed by atoms with Crippen LogP contribution in [0.5, 0.6) is 0 Å². The van der Waals surface area contributed by atoms with Crippen molar-refractivity contribution in [3.05, 3.63) is 77.2 Å². The van der Waals surface area contributed by atoms with Gasteiger partial charge in [-0.3, -0.25) is 9.59 Å². The van der Waals surface area contributed by atoms with Crippen LogP contribution >= 0.6 is 23.4 Å². The van der Waals surface area contributed by atoms with Gasteiger partial charge >= 0.3 is 6.18 Å². The van der Waals surface area contributed by atoms with Crippen molar-refractivity contribution in [2.45, 2.75) is 23.2 Å². The molecule has 0 spiro atoms. The molecule has 10 heteroatoms. The molecule has 1 aromatic heterocycles. The van der Waals surface area contributed by atoms with Gasteiger partial charge in [0.1, 0.15) is 0 Å². The van der Waals surface area contributed by atoms with Gasteiger partial charge in [0.25, 0.3) is 5.91 Å². The van der Waals surface area contributed by atoms with E-state index in [1.807, 2.05) is 0 Å². The minimum absolute atomic E-state index is 0.00110. The molecule has 1 unspecified atom stereocenters. The van der Waals surface area contributed by atoms with Crippen LogP contribution in [-0.2, 0) is 11.0 Å². The van der Waals surface area contributed by atoms with E-state index in [2.05, 4.69) is 10.6 Å². The first-order valence-corrected chi connectivity index (χ1v) is 10.2. The van der Waals surface area contributed by atoms with E-state index in [0.29, 0.717) is 10.6 Å². The number of rotatable bonds is 6. The van der Waals surface area contributed by atoms with E-state index in [4.69, 9.17) is 16.0 Å². The Labute approximate surface area is 185 Å². The quantitative estimate of drug-likeness (QED) is 0.415. The lowest BCUT2D eigenvalue weighted by molar-refractivity contribution is -0.137. The monoisotopic (exact) mass is 468 g/mol. The first kappa shape index (κ1) is 22.8. The molecule has 0 radical (unpaired) electrons. The number of halogens is 4. The van der Waals surface area contributed by atoms with Crippen LogP contribution in [0.2, 0.25) is 5.02 Å². The van der Waals surface area contributed by atoms with Gasteiger partial charge in [-0.1, -0.05) is 17.7 Å². The molecule has 0 fully saturated rings. The molecular formula is C21H16ClF3N2O3S. The maximum absolute atomic E-state index is 12.9. The Morgan fingerprint density at radius 1 is 1.06 bits per heavy atom. The Morgan fingerprint density at radius 3 is 2.52 bits per heavy atom. The summed E-state index contributed by atoms with van der Waals surface area (Å²) in [4.78, 5) is 25.3. The highest BCUT2D eigenvalue weighted by molar-refractivity contribution is 8.00. The van der Waals surface area contributed by atoms with Gasteiger partial charge in [0, 0.05) is 10.6 Å². The zero-order chi connectivity index (χ0) is 22.6. The highest BCUT2D eigenvalue weighted by atomic mass is 35.5. The maximum Gasteiger partial charge on any atom is 0.416 e. The molecular weight excluding hydrogens is 453 g/mol. The third kappa shape index (κ3) is 6.05. The molecule has 0 saturated heterocycles. The number of carbonyl (C=O) groups is 2. The van der Waals surface area contributed by atoms with Crippen molar-refractivity contribution in [3.8, 4) is 0 Å². The molecule has 2 N–H and O–H groups in total. The summed E-state index contributed by atoms with van der Waals surface area (Å²) >= 11 is 7.10. The summed E-state index contributed by atoms with van der Waals surface area (Å²) < 4.78 is 43.8. The second kappa shape index (κ2) is 9.49. The summed E-state index contributed by atoms with van der Waals surface area (Å²) in [5, 5.41) is 4.47. The van der Waals surface area contributed by atoms with E-state index in [-0.39, 0.29) is 16.5 Å². The van der Waals surface area contributed by atoms with Crippen LogP contribution in [0.1, 0.15) is 23.0 Å². The van der Waals surface area contributed by atoms with Crippen LogP contribution in [0, 0.1) is 0 Å².